The van der Waals surface area contributed by atoms with Crippen LogP contribution in [-0.2, 0) is 17.5 Å². The molecule has 3 aromatic rings. The summed E-state index contributed by atoms with van der Waals surface area (Å²) in [6.07, 6.45) is -0.355. The van der Waals surface area contributed by atoms with E-state index in [0.717, 1.165) is 18.5 Å². The van der Waals surface area contributed by atoms with E-state index in [4.69, 9.17) is 4.74 Å². The second-order valence-corrected chi connectivity index (χ2v) is 7.77. The molecule has 1 fully saturated rings. The van der Waals surface area contributed by atoms with E-state index >= 15 is 0 Å². The molecule has 1 aromatic carbocycles. The summed E-state index contributed by atoms with van der Waals surface area (Å²) in [5.41, 5.74) is 1.89. The number of aryl methyl sites for hydroxylation is 2. The summed E-state index contributed by atoms with van der Waals surface area (Å²) in [7, 11) is 0. The molecule has 0 bridgehead atoms. The highest BCUT2D eigenvalue weighted by atomic mass is 19.4. The van der Waals surface area contributed by atoms with Gasteiger partial charge in [-0.2, -0.15) is 13.2 Å². The summed E-state index contributed by atoms with van der Waals surface area (Å²) in [5, 5.41) is 2.74. The van der Waals surface area contributed by atoms with Crippen LogP contribution in [0.15, 0.2) is 24.7 Å². The van der Waals surface area contributed by atoms with Gasteiger partial charge in [0, 0.05) is 48.5 Å². The van der Waals surface area contributed by atoms with Crippen LogP contribution in [0.1, 0.15) is 57.2 Å². The Kier molecular flexibility index (Phi) is 5.70. The summed E-state index contributed by atoms with van der Waals surface area (Å²) >= 11 is 0. The molecule has 31 heavy (non-hydrogen) atoms. The predicted molar refractivity (Wildman–Crippen MR) is 109 cm³/mol. The molecule has 3 heterocycles. The number of halogens is 3. The van der Waals surface area contributed by atoms with Crippen LogP contribution in [0, 0.1) is 13.8 Å². The molecule has 0 spiro atoms. The first kappa shape index (κ1) is 21.3. The smallest absolute Gasteiger partial charge is 0.381 e. The SMILES string of the molecule is Cc1ncncc1C(=O)NCc1ccc2[nH]c(C3CCOCC3)c(C)c2c1C(F)(F)F. The number of alkyl halides is 3. The molecule has 2 N–H and O–H groups in total. The standard InChI is InChI=1S/C22H23F3N4O2/c1-12-18-17(29-20(12)14-5-7-31-8-6-14)4-3-15(19(18)22(23,24)25)9-27-21(30)16-10-26-11-28-13(16)2/h3-4,10-11,14,29H,5-9H2,1-2H3,(H,27,30). The number of rotatable bonds is 4. The van der Waals surface area contributed by atoms with Gasteiger partial charge >= 0.3 is 6.18 Å². The zero-order chi connectivity index (χ0) is 22.2. The van der Waals surface area contributed by atoms with Crippen LogP contribution in [0.2, 0.25) is 0 Å². The van der Waals surface area contributed by atoms with Gasteiger partial charge in [-0.1, -0.05) is 6.07 Å². The van der Waals surface area contributed by atoms with Crippen molar-refractivity contribution in [3.8, 4) is 0 Å². The number of aromatic amines is 1. The van der Waals surface area contributed by atoms with Crippen molar-refractivity contribution in [1.82, 2.24) is 20.3 Å². The largest absolute Gasteiger partial charge is 0.417 e. The first-order valence-corrected chi connectivity index (χ1v) is 10.1. The molecule has 0 atom stereocenters. The Morgan fingerprint density at radius 1 is 1.26 bits per heavy atom. The topological polar surface area (TPSA) is 79.9 Å². The number of carbonyl (C=O) groups is 1. The van der Waals surface area contributed by atoms with Gasteiger partial charge in [-0.25, -0.2) is 9.97 Å². The number of benzene rings is 1. The Morgan fingerprint density at radius 2 is 2.00 bits per heavy atom. The molecule has 0 radical (unpaired) electrons. The Hall–Kier alpha value is -2.94. The molecule has 9 heteroatoms. The van der Waals surface area contributed by atoms with E-state index in [9.17, 15) is 18.0 Å². The lowest BCUT2D eigenvalue weighted by atomic mass is 9.92. The maximum atomic E-state index is 14.2. The van der Waals surface area contributed by atoms with Gasteiger partial charge in [-0.05, 0) is 43.9 Å². The number of aromatic nitrogens is 3. The molecule has 6 nitrogen and oxygen atoms in total. The third-order valence-corrected chi connectivity index (χ3v) is 5.85. The number of amides is 1. The molecule has 0 saturated carbocycles. The van der Waals surface area contributed by atoms with Crippen molar-refractivity contribution in [3.63, 3.8) is 0 Å². The average Bonchev–Trinajstić information content (AvgIpc) is 3.08. The first-order valence-electron chi connectivity index (χ1n) is 10.1. The van der Waals surface area contributed by atoms with Crippen molar-refractivity contribution in [1.29, 1.82) is 0 Å². The lowest BCUT2D eigenvalue weighted by Gasteiger charge is -2.22. The van der Waals surface area contributed by atoms with Gasteiger partial charge in [0.2, 0.25) is 0 Å². The van der Waals surface area contributed by atoms with E-state index in [0.29, 0.717) is 30.0 Å². The van der Waals surface area contributed by atoms with E-state index in [1.807, 2.05) is 0 Å². The number of fused-ring (bicyclic) bond motifs is 1. The molecule has 164 valence electrons. The molecule has 1 aliphatic rings. The van der Waals surface area contributed by atoms with Gasteiger partial charge in [0.15, 0.2) is 0 Å². The van der Waals surface area contributed by atoms with Gasteiger partial charge in [-0.15, -0.1) is 0 Å². The minimum atomic E-state index is -4.56. The highest BCUT2D eigenvalue weighted by molar-refractivity contribution is 5.95. The molecular formula is C22H23F3N4O2. The van der Waals surface area contributed by atoms with Crippen molar-refractivity contribution in [2.45, 2.75) is 45.3 Å². The van der Waals surface area contributed by atoms with E-state index in [-0.39, 0.29) is 29.0 Å². The molecule has 2 aromatic heterocycles. The van der Waals surface area contributed by atoms with Crippen molar-refractivity contribution in [3.05, 3.63) is 58.3 Å². The average molecular weight is 432 g/mol. The Labute approximate surface area is 177 Å². The van der Waals surface area contributed by atoms with Crippen LogP contribution in [0.25, 0.3) is 10.9 Å². The maximum absolute atomic E-state index is 14.2. The molecule has 1 amide bonds. The van der Waals surface area contributed by atoms with E-state index in [1.165, 1.54) is 18.6 Å². The Bertz CT molecular complexity index is 1120. The van der Waals surface area contributed by atoms with Crippen LogP contribution in [0.4, 0.5) is 13.2 Å². The quantitative estimate of drug-likeness (QED) is 0.640. The minimum absolute atomic E-state index is 0.0171. The highest BCUT2D eigenvalue weighted by Crippen LogP contribution is 2.42. The Morgan fingerprint density at radius 3 is 2.68 bits per heavy atom. The third-order valence-electron chi connectivity index (χ3n) is 5.85. The number of hydrogen-bond acceptors (Lipinski definition) is 4. The first-order chi connectivity index (χ1) is 14.8. The molecule has 0 aliphatic carbocycles. The number of carbonyl (C=O) groups excluding carboxylic acids is 1. The number of nitrogens with one attached hydrogen (secondary N) is 2. The van der Waals surface area contributed by atoms with E-state index in [2.05, 4.69) is 20.3 Å². The zero-order valence-corrected chi connectivity index (χ0v) is 17.3. The van der Waals surface area contributed by atoms with Gasteiger partial charge < -0.3 is 15.0 Å². The number of hydrogen-bond donors (Lipinski definition) is 2. The van der Waals surface area contributed by atoms with Gasteiger partial charge in [0.05, 0.1) is 16.8 Å². The fraction of sp³-hybridized carbons (Fsp3) is 0.409. The molecule has 0 unspecified atom stereocenters. The number of ether oxygens (including phenoxy) is 1. The van der Waals surface area contributed by atoms with Crippen molar-refractivity contribution >= 4 is 16.8 Å². The minimum Gasteiger partial charge on any atom is -0.381 e. The predicted octanol–water partition coefficient (Wildman–Crippen LogP) is 4.42. The summed E-state index contributed by atoms with van der Waals surface area (Å²) in [4.78, 5) is 23.4. The Balaban J connectivity index is 1.71. The monoisotopic (exact) mass is 432 g/mol. The second-order valence-electron chi connectivity index (χ2n) is 7.77. The van der Waals surface area contributed by atoms with Crippen LogP contribution in [0.5, 0.6) is 0 Å². The fourth-order valence-electron chi connectivity index (χ4n) is 4.26. The highest BCUT2D eigenvalue weighted by Gasteiger charge is 2.37. The maximum Gasteiger partial charge on any atom is 0.417 e. The van der Waals surface area contributed by atoms with Gasteiger partial charge in [0.1, 0.15) is 6.33 Å². The summed E-state index contributed by atoms with van der Waals surface area (Å²) < 4.78 is 47.9. The van der Waals surface area contributed by atoms with Crippen molar-refractivity contribution in [2.75, 3.05) is 13.2 Å². The molecular weight excluding hydrogens is 409 g/mol. The van der Waals surface area contributed by atoms with Crippen LogP contribution in [-0.4, -0.2) is 34.1 Å². The van der Waals surface area contributed by atoms with Gasteiger partial charge in [0.25, 0.3) is 5.91 Å². The van der Waals surface area contributed by atoms with Crippen LogP contribution < -0.4 is 5.32 Å². The zero-order valence-electron chi connectivity index (χ0n) is 17.3. The molecule has 4 rings (SSSR count). The summed E-state index contributed by atoms with van der Waals surface area (Å²) in [6, 6.07) is 3.07. The lowest BCUT2D eigenvalue weighted by molar-refractivity contribution is -0.136. The third kappa shape index (κ3) is 4.14. The normalized spacial score (nSPS) is 15.4. The number of H-pyrrole nitrogens is 1. The van der Waals surface area contributed by atoms with Crippen molar-refractivity contribution < 1.29 is 22.7 Å². The molecule has 1 aliphatic heterocycles. The van der Waals surface area contributed by atoms with E-state index in [1.54, 1.807) is 19.9 Å². The van der Waals surface area contributed by atoms with Crippen molar-refractivity contribution in [2.24, 2.45) is 0 Å². The fourth-order valence-corrected chi connectivity index (χ4v) is 4.26. The van der Waals surface area contributed by atoms with Crippen LogP contribution >= 0.6 is 0 Å². The lowest BCUT2D eigenvalue weighted by Crippen LogP contribution is -2.25. The summed E-state index contributed by atoms with van der Waals surface area (Å²) in [6.45, 7) is 4.32. The van der Waals surface area contributed by atoms with Crippen LogP contribution in [0.3, 0.4) is 0 Å². The summed E-state index contributed by atoms with van der Waals surface area (Å²) in [5.74, 6) is -0.369. The van der Waals surface area contributed by atoms with Gasteiger partial charge in [-0.3, -0.25) is 4.79 Å². The number of nitrogens with zero attached hydrogens (tertiary/aromatic N) is 2. The molecule has 1 saturated heterocycles. The second kappa shape index (κ2) is 8.30. The van der Waals surface area contributed by atoms with E-state index < -0.39 is 17.6 Å².